The van der Waals surface area contributed by atoms with Crippen LogP contribution in [0.5, 0.6) is 0 Å². The maximum atomic E-state index is 12.8. The van der Waals surface area contributed by atoms with E-state index in [1.54, 1.807) is 24.3 Å². The molecular weight excluding hydrogens is 343 g/mol. The van der Waals surface area contributed by atoms with E-state index in [2.05, 4.69) is 20.6 Å². The number of carbonyl (C=O) groups is 1. The molecule has 2 N–H and O–H groups in total. The SMILES string of the molecule is O=C(NCc1ccc(F)cc1)c1cnc(Nc2cccc(Cl)c2)nc1. The van der Waals surface area contributed by atoms with E-state index in [9.17, 15) is 9.18 Å². The Hall–Kier alpha value is -2.99. The van der Waals surface area contributed by atoms with E-state index in [1.165, 1.54) is 24.5 Å². The van der Waals surface area contributed by atoms with Crippen LogP contribution < -0.4 is 10.6 Å². The Balaban J connectivity index is 1.59. The summed E-state index contributed by atoms with van der Waals surface area (Å²) in [5.41, 5.74) is 1.88. The fraction of sp³-hybridized carbons (Fsp3) is 0.0556. The first-order valence-electron chi connectivity index (χ1n) is 7.47. The summed E-state index contributed by atoms with van der Waals surface area (Å²) < 4.78 is 12.8. The molecule has 2 aromatic carbocycles. The molecule has 0 radical (unpaired) electrons. The van der Waals surface area contributed by atoms with Gasteiger partial charge < -0.3 is 10.6 Å². The molecule has 126 valence electrons. The number of hydrogen-bond donors (Lipinski definition) is 2. The number of carbonyl (C=O) groups excluding carboxylic acids is 1. The molecule has 0 aliphatic heterocycles. The van der Waals surface area contributed by atoms with Gasteiger partial charge >= 0.3 is 0 Å². The van der Waals surface area contributed by atoms with Gasteiger partial charge in [-0.05, 0) is 35.9 Å². The van der Waals surface area contributed by atoms with Gasteiger partial charge in [-0.2, -0.15) is 0 Å². The van der Waals surface area contributed by atoms with Gasteiger partial charge in [0.2, 0.25) is 5.95 Å². The average Bonchev–Trinajstić information content (AvgIpc) is 2.62. The molecule has 1 amide bonds. The number of halogens is 2. The van der Waals surface area contributed by atoms with Gasteiger partial charge in [-0.3, -0.25) is 4.79 Å². The zero-order chi connectivity index (χ0) is 17.6. The summed E-state index contributed by atoms with van der Waals surface area (Å²) in [5.74, 6) is -0.262. The summed E-state index contributed by atoms with van der Waals surface area (Å²) in [7, 11) is 0. The van der Waals surface area contributed by atoms with Gasteiger partial charge in [-0.25, -0.2) is 14.4 Å². The molecule has 0 bridgehead atoms. The Bertz CT molecular complexity index is 869. The number of aromatic nitrogens is 2. The van der Waals surface area contributed by atoms with Crippen molar-refractivity contribution in [1.82, 2.24) is 15.3 Å². The fourth-order valence-electron chi connectivity index (χ4n) is 2.09. The van der Waals surface area contributed by atoms with Gasteiger partial charge in [0.15, 0.2) is 0 Å². The van der Waals surface area contributed by atoms with Crippen LogP contribution in [0.4, 0.5) is 16.0 Å². The highest BCUT2D eigenvalue weighted by molar-refractivity contribution is 6.30. The molecule has 7 heteroatoms. The van der Waals surface area contributed by atoms with E-state index >= 15 is 0 Å². The zero-order valence-corrected chi connectivity index (χ0v) is 13.8. The Kier molecular flexibility index (Phi) is 5.20. The van der Waals surface area contributed by atoms with Crippen molar-refractivity contribution in [1.29, 1.82) is 0 Å². The van der Waals surface area contributed by atoms with Gasteiger partial charge in [-0.1, -0.05) is 29.8 Å². The molecular formula is C18H14ClFN4O. The van der Waals surface area contributed by atoms with Crippen molar-refractivity contribution >= 4 is 29.1 Å². The minimum atomic E-state index is -0.314. The third-order valence-corrected chi connectivity index (χ3v) is 3.60. The van der Waals surface area contributed by atoms with Crippen LogP contribution in [0.1, 0.15) is 15.9 Å². The van der Waals surface area contributed by atoms with E-state index in [1.807, 2.05) is 12.1 Å². The maximum Gasteiger partial charge on any atom is 0.254 e. The highest BCUT2D eigenvalue weighted by Gasteiger charge is 2.07. The minimum Gasteiger partial charge on any atom is -0.348 e. The topological polar surface area (TPSA) is 66.9 Å². The van der Waals surface area contributed by atoms with Crippen molar-refractivity contribution in [3.05, 3.63) is 82.9 Å². The third-order valence-electron chi connectivity index (χ3n) is 3.36. The Labute approximate surface area is 148 Å². The lowest BCUT2D eigenvalue weighted by Crippen LogP contribution is -2.23. The van der Waals surface area contributed by atoms with Gasteiger partial charge in [0.1, 0.15) is 5.82 Å². The molecule has 3 rings (SSSR count). The Morgan fingerprint density at radius 1 is 1.08 bits per heavy atom. The van der Waals surface area contributed by atoms with E-state index in [0.29, 0.717) is 23.1 Å². The van der Waals surface area contributed by atoms with E-state index in [4.69, 9.17) is 11.6 Å². The standard InChI is InChI=1S/C18H14ClFN4O/c19-14-2-1-3-16(8-14)24-18-22-10-13(11-23-18)17(25)21-9-12-4-6-15(20)7-5-12/h1-8,10-11H,9H2,(H,21,25)(H,22,23,24). The van der Waals surface area contributed by atoms with Crippen LogP contribution in [0.3, 0.4) is 0 Å². The normalized spacial score (nSPS) is 10.3. The van der Waals surface area contributed by atoms with Crippen LogP contribution in [-0.2, 0) is 6.54 Å². The number of nitrogens with one attached hydrogen (secondary N) is 2. The molecule has 3 aromatic rings. The second-order valence-electron chi connectivity index (χ2n) is 5.24. The lowest BCUT2D eigenvalue weighted by Gasteiger charge is -2.07. The molecule has 0 unspecified atom stereocenters. The first-order valence-corrected chi connectivity index (χ1v) is 7.85. The van der Waals surface area contributed by atoms with E-state index < -0.39 is 0 Å². The molecule has 0 saturated carbocycles. The van der Waals surface area contributed by atoms with Crippen molar-refractivity contribution in [3.8, 4) is 0 Å². The Morgan fingerprint density at radius 3 is 2.48 bits per heavy atom. The summed E-state index contributed by atoms with van der Waals surface area (Å²) in [6, 6.07) is 13.1. The highest BCUT2D eigenvalue weighted by atomic mass is 35.5. The van der Waals surface area contributed by atoms with Gasteiger partial charge in [0, 0.05) is 29.6 Å². The molecule has 1 heterocycles. The van der Waals surface area contributed by atoms with Crippen molar-refractivity contribution in [2.24, 2.45) is 0 Å². The number of benzene rings is 2. The summed E-state index contributed by atoms with van der Waals surface area (Å²) in [6.45, 7) is 0.293. The lowest BCUT2D eigenvalue weighted by molar-refractivity contribution is 0.0950. The monoisotopic (exact) mass is 356 g/mol. The number of nitrogens with zero attached hydrogens (tertiary/aromatic N) is 2. The van der Waals surface area contributed by atoms with E-state index in [0.717, 1.165) is 11.3 Å². The largest absolute Gasteiger partial charge is 0.348 e. The Morgan fingerprint density at radius 2 is 1.80 bits per heavy atom. The molecule has 25 heavy (non-hydrogen) atoms. The molecule has 0 aliphatic rings. The highest BCUT2D eigenvalue weighted by Crippen LogP contribution is 2.17. The van der Waals surface area contributed by atoms with Crippen molar-refractivity contribution in [2.45, 2.75) is 6.54 Å². The third kappa shape index (κ3) is 4.74. The van der Waals surface area contributed by atoms with Crippen LogP contribution in [0, 0.1) is 5.82 Å². The molecule has 0 aliphatic carbocycles. The van der Waals surface area contributed by atoms with Gasteiger partial charge in [-0.15, -0.1) is 0 Å². The molecule has 0 fully saturated rings. The molecule has 0 spiro atoms. The number of rotatable bonds is 5. The second kappa shape index (κ2) is 7.72. The summed E-state index contributed by atoms with van der Waals surface area (Å²) in [4.78, 5) is 20.3. The molecule has 1 aromatic heterocycles. The van der Waals surface area contributed by atoms with Gasteiger partial charge in [0.25, 0.3) is 5.91 Å². The van der Waals surface area contributed by atoms with Crippen molar-refractivity contribution in [2.75, 3.05) is 5.32 Å². The summed E-state index contributed by atoms with van der Waals surface area (Å²) in [5, 5.41) is 6.33. The summed E-state index contributed by atoms with van der Waals surface area (Å²) in [6.07, 6.45) is 2.86. The smallest absolute Gasteiger partial charge is 0.254 e. The average molecular weight is 357 g/mol. The molecule has 5 nitrogen and oxygen atoms in total. The van der Waals surface area contributed by atoms with E-state index in [-0.39, 0.29) is 11.7 Å². The number of amides is 1. The zero-order valence-electron chi connectivity index (χ0n) is 13.0. The minimum absolute atomic E-state index is 0.293. The number of hydrogen-bond acceptors (Lipinski definition) is 4. The summed E-state index contributed by atoms with van der Waals surface area (Å²) >= 11 is 5.92. The lowest BCUT2D eigenvalue weighted by atomic mass is 10.2. The maximum absolute atomic E-state index is 12.8. The van der Waals surface area contributed by atoms with Crippen molar-refractivity contribution < 1.29 is 9.18 Å². The van der Waals surface area contributed by atoms with Crippen LogP contribution >= 0.6 is 11.6 Å². The van der Waals surface area contributed by atoms with Crippen LogP contribution in [0.25, 0.3) is 0 Å². The number of anilines is 2. The van der Waals surface area contributed by atoms with Crippen molar-refractivity contribution in [3.63, 3.8) is 0 Å². The first kappa shape index (κ1) is 16.9. The van der Waals surface area contributed by atoms with Gasteiger partial charge in [0.05, 0.1) is 5.56 Å². The molecule has 0 atom stereocenters. The van der Waals surface area contributed by atoms with Crippen LogP contribution in [0.2, 0.25) is 5.02 Å². The predicted molar refractivity (Wildman–Crippen MR) is 94.3 cm³/mol. The first-order chi connectivity index (χ1) is 12.1. The molecule has 0 saturated heterocycles. The second-order valence-corrected chi connectivity index (χ2v) is 5.68. The van der Waals surface area contributed by atoms with Crippen LogP contribution in [-0.4, -0.2) is 15.9 Å². The predicted octanol–water partition coefficient (Wildman–Crippen LogP) is 3.94. The van der Waals surface area contributed by atoms with Crippen LogP contribution in [0.15, 0.2) is 60.9 Å². The quantitative estimate of drug-likeness (QED) is 0.726. The fourth-order valence-corrected chi connectivity index (χ4v) is 2.28.